The average molecular weight is 510 g/mol. The van der Waals surface area contributed by atoms with Crippen LogP contribution in [-0.2, 0) is 9.47 Å². The van der Waals surface area contributed by atoms with Crippen molar-refractivity contribution in [2.45, 2.75) is 0 Å². The molecule has 0 spiro atoms. The summed E-state index contributed by atoms with van der Waals surface area (Å²) in [6.45, 7) is 1.56. The largest absolute Gasteiger partial charge is 0.465 e. The first kappa shape index (κ1) is 25.3. The molecular weight excluding hydrogens is 487 g/mol. The number of carbonyl (C=O) groups is 2. The SMILES string of the molecule is COC(=O)c1cc(Nc2ncnc(N3CCN(c4ccccc4F)CC3)c2[N+](=O)[O-])cc(C(=O)OC)c1. The van der Waals surface area contributed by atoms with Crippen LogP contribution in [0.5, 0.6) is 0 Å². The maximum Gasteiger partial charge on any atom is 0.353 e. The van der Waals surface area contributed by atoms with E-state index in [2.05, 4.69) is 15.3 Å². The van der Waals surface area contributed by atoms with Gasteiger partial charge in [-0.05, 0) is 30.3 Å². The van der Waals surface area contributed by atoms with Crippen LogP contribution >= 0.6 is 0 Å². The van der Waals surface area contributed by atoms with Gasteiger partial charge in [0.25, 0.3) is 0 Å². The molecular formula is C24H23FN6O6. The van der Waals surface area contributed by atoms with Gasteiger partial charge in [0.2, 0.25) is 11.6 Å². The van der Waals surface area contributed by atoms with E-state index >= 15 is 0 Å². The lowest BCUT2D eigenvalue weighted by Crippen LogP contribution is -2.47. The number of nitrogens with zero attached hydrogens (tertiary/aromatic N) is 5. The maximum absolute atomic E-state index is 14.2. The summed E-state index contributed by atoms with van der Waals surface area (Å²) in [6.07, 6.45) is 1.18. The molecule has 4 rings (SSSR count). The van der Waals surface area contributed by atoms with Gasteiger partial charge in [0, 0.05) is 31.9 Å². The van der Waals surface area contributed by atoms with Crippen LogP contribution in [0.3, 0.4) is 0 Å². The van der Waals surface area contributed by atoms with E-state index in [4.69, 9.17) is 9.47 Å². The molecule has 0 aliphatic carbocycles. The highest BCUT2D eigenvalue weighted by Gasteiger charge is 2.30. The second-order valence-electron chi connectivity index (χ2n) is 7.98. The van der Waals surface area contributed by atoms with Crippen LogP contribution in [0.25, 0.3) is 0 Å². The molecule has 0 bridgehead atoms. The first-order valence-electron chi connectivity index (χ1n) is 11.1. The highest BCUT2D eigenvalue weighted by atomic mass is 19.1. The highest BCUT2D eigenvalue weighted by molar-refractivity contribution is 5.97. The van der Waals surface area contributed by atoms with E-state index in [0.717, 1.165) is 0 Å². The Morgan fingerprint density at radius 1 is 0.973 bits per heavy atom. The van der Waals surface area contributed by atoms with Gasteiger partial charge < -0.3 is 24.6 Å². The first-order valence-corrected chi connectivity index (χ1v) is 11.1. The van der Waals surface area contributed by atoms with Crippen LogP contribution in [-0.4, -0.2) is 67.2 Å². The molecule has 1 fully saturated rings. The third kappa shape index (κ3) is 5.39. The molecule has 192 valence electrons. The Hall–Kier alpha value is -4.81. The molecule has 0 amide bonds. The third-order valence-electron chi connectivity index (χ3n) is 5.80. The molecule has 2 aromatic carbocycles. The van der Waals surface area contributed by atoms with Gasteiger partial charge in [0.1, 0.15) is 12.1 Å². The van der Waals surface area contributed by atoms with E-state index in [-0.39, 0.29) is 40.0 Å². The summed E-state index contributed by atoms with van der Waals surface area (Å²) in [5.41, 5.74) is 0.335. The Balaban J connectivity index is 1.63. The number of halogens is 1. The standard InChI is InChI=1S/C24H23FN6O6/c1-36-23(32)15-11-16(24(33)37-2)13-17(12-15)28-21-20(31(34)35)22(27-14-26-21)30-9-7-29(8-10-30)19-6-4-3-5-18(19)25/h3-6,11-14H,7-10H2,1-2H3,(H,26,27,28). The van der Waals surface area contributed by atoms with E-state index in [9.17, 15) is 24.1 Å². The van der Waals surface area contributed by atoms with Gasteiger partial charge in [-0.15, -0.1) is 0 Å². The molecule has 12 nitrogen and oxygen atoms in total. The lowest BCUT2D eigenvalue weighted by Gasteiger charge is -2.36. The molecule has 0 saturated carbocycles. The number of nitrogens with one attached hydrogen (secondary N) is 1. The highest BCUT2D eigenvalue weighted by Crippen LogP contribution is 2.35. The molecule has 13 heteroatoms. The second kappa shape index (κ2) is 10.8. The number of hydrogen-bond acceptors (Lipinski definition) is 11. The lowest BCUT2D eigenvalue weighted by molar-refractivity contribution is -0.383. The fourth-order valence-electron chi connectivity index (χ4n) is 4.04. The monoisotopic (exact) mass is 510 g/mol. The van der Waals surface area contributed by atoms with Crippen LogP contribution < -0.4 is 15.1 Å². The minimum atomic E-state index is -0.709. The number of rotatable bonds is 7. The quantitative estimate of drug-likeness (QED) is 0.285. The number of benzene rings is 2. The van der Waals surface area contributed by atoms with Gasteiger partial charge in [-0.25, -0.2) is 23.9 Å². The summed E-state index contributed by atoms with van der Waals surface area (Å²) in [6, 6.07) is 10.5. The molecule has 3 aromatic rings. The fourth-order valence-corrected chi connectivity index (χ4v) is 4.04. The molecule has 1 aliphatic rings. The van der Waals surface area contributed by atoms with Crippen LogP contribution in [0.15, 0.2) is 48.8 Å². The number of hydrogen-bond donors (Lipinski definition) is 1. The minimum Gasteiger partial charge on any atom is -0.465 e. The van der Waals surface area contributed by atoms with Crippen LogP contribution in [0, 0.1) is 15.9 Å². The van der Waals surface area contributed by atoms with Gasteiger partial charge >= 0.3 is 17.6 Å². The summed E-state index contributed by atoms with van der Waals surface area (Å²) in [5, 5.41) is 14.9. The first-order chi connectivity index (χ1) is 17.8. The molecule has 0 radical (unpaired) electrons. The Bertz CT molecular complexity index is 1310. The molecule has 1 aromatic heterocycles. The van der Waals surface area contributed by atoms with Crippen LogP contribution in [0.1, 0.15) is 20.7 Å². The van der Waals surface area contributed by atoms with Gasteiger partial charge in [0.05, 0.1) is 36.0 Å². The number of anilines is 4. The van der Waals surface area contributed by atoms with Crippen LogP contribution in [0.2, 0.25) is 0 Å². The summed E-state index contributed by atoms with van der Waals surface area (Å²) in [7, 11) is 2.38. The fraction of sp³-hybridized carbons (Fsp3) is 0.250. The Kier molecular flexibility index (Phi) is 7.41. The number of esters is 2. The van der Waals surface area contributed by atoms with Crippen molar-refractivity contribution in [3.05, 3.63) is 75.9 Å². The normalized spacial score (nSPS) is 13.2. The number of piperazine rings is 1. The third-order valence-corrected chi connectivity index (χ3v) is 5.80. The van der Waals surface area contributed by atoms with Crippen molar-refractivity contribution in [1.82, 2.24) is 9.97 Å². The van der Waals surface area contributed by atoms with Gasteiger partial charge in [-0.2, -0.15) is 0 Å². The van der Waals surface area contributed by atoms with E-state index < -0.39 is 16.9 Å². The van der Waals surface area contributed by atoms with E-state index in [1.807, 2.05) is 4.90 Å². The van der Waals surface area contributed by atoms with E-state index in [0.29, 0.717) is 31.9 Å². The molecule has 37 heavy (non-hydrogen) atoms. The Morgan fingerprint density at radius 2 is 1.57 bits per heavy atom. The van der Waals surface area contributed by atoms with Crippen molar-refractivity contribution in [2.75, 3.05) is 55.5 Å². The smallest absolute Gasteiger partial charge is 0.353 e. The maximum atomic E-state index is 14.2. The van der Waals surface area contributed by atoms with Gasteiger partial charge in [-0.1, -0.05) is 12.1 Å². The lowest BCUT2D eigenvalue weighted by atomic mass is 10.1. The summed E-state index contributed by atoms with van der Waals surface area (Å²) in [4.78, 5) is 47.5. The molecule has 2 heterocycles. The molecule has 1 aliphatic heterocycles. The van der Waals surface area contributed by atoms with Crippen molar-refractivity contribution in [3.63, 3.8) is 0 Å². The molecule has 0 atom stereocenters. The number of para-hydroxylation sites is 1. The number of nitro groups is 1. The minimum absolute atomic E-state index is 0.0362. The van der Waals surface area contributed by atoms with E-state index in [1.54, 1.807) is 23.1 Å². The van der Waals surface area contributed by atoms with Crippen molar-refractivity contribution in [3.8, 4) is 0 Å². The van der Waals surface area contributed by atoms with Crippen molar-refractivity contribution < 1.29 is 28.4 Å². The summed E-state index contributed by atoms with van der Waals surface area (Å²) < 4.78 is 23.7. The zero-order valence-corrected chi connectivity index (χ0v) is 20.0. The predicted octanol–water partition coefficient (Wildman–Crippen LogP) is 3.17. The van der Waals surface area contributed by atoms with Gasteiger partial charge in [0.15, 0.2) is 0 Å². The zero-order valence-electron chi connectivity index (χ0n) is 20.0. The topological polar surface area (TPSA) is 140 Å². The Morgan fingerprint density at radius 3 is 2.14 bits per heavy atom. The van der Waals surface area contributed by atoms with Crippen molar-refractivity contribution in [2.24, 2.45) is 0 Å². The van der Waals surface area contributed by atoms with Crippen LogP contribution in [0.4, 0.5) is 33.1 Å². The van der Waals surface area contributed by atoms with Gasteiger partial charge in [-0.3, -0.25) is 10.1 Å². The number of aromatic nitrogens is 2. The average Bonchev–Trinajstić information content (AvgIpc) is 2.92. The summed E-state index contributed by atoms with van der Waals surface area (Å²) in [5.74, 6) is -1.80. The molecule has 0 unspecified atom stereocenters. The van der Waals surface area contributed by atoms with Crippen molar-refractivity contribution in [1.29, 1.82) is 0 Å². The predicted molar refractivity (Wildman–Crippen MR) is 132 cm³/mol. The Labute approximate surface area is 210 Å². The second-order valence-corrected chi connectivity index (χ2v) is 7.98. The number of methoxy groups -OCH3 is 2. The number of carbonyl (C=O) groups excluding carboxylic acids is 2. The van der Waals surface area contributed by atoms with Crippen molar-refractivity contribution >= 4 is 40.6 Å². The number of ether oxygens (including phenoxy) is 2. The summed E-state index contributed by atoms with van der Waals surface area (Å²) >= 11 is 0. The molecule has 1 N–H and O–H groups in total. The van der Waals surface area contributed by atoms with E-state index in [1.165, 1.54) is 44.8 Å². The zero-order chi connectivity index (χ0) is 26.5. The molecule has 1 saturated heterocycles.